The van der Waals surface area contributed by atoms with Crippen LogP contribution in [0.15, 0.2) is 34.9 Å². The summed E-state index contributed by atoms with van der Waals surface area (Å²) in [6.07, 6.45) is 1.49. The van der Waals surface area contributed by atoms with Crippen LogP contribution in [0.3, 0.4) is 0 Å². The predicted molar refractivity (Wildman–Crippen MR) is 75.4 cm³/mol. The van der Waals surface area contributed by atoms with Crippen molar-refractivity contribution in [1.29, 1.82) is 0 Å². The van der Waals surface area contributed by atoms with Gasteiger partial charge in [-0.1, -0.05) is 33.3 Å². The van der Waals surface area contributed by atoms with Crippen molar-refractivity contribution in [1.82, 2.24) is 19.9 Å². The average Bonchev–Trinajstić information content (AvgIpc) is 2.82. The molecule has 1 fully saturated rings. The topological polar surface area (TPSA) is 71.2 Å². The fourth-order valence-electron chi connectivity index (χ4n) is 2.29. The Balaban J connectivity index is 1.57. The normalized spacial score (nSPS) is 16.1. The number of rotatable bonds is 4. The van der Waals surface area contributed by atoms with Gasteiger partial charge in [-0.25, -0.2) is 9.48 Å². The molecule has 0 aliphatic carbocycles. The van der Waals surface area contributed by atoms with E-state index in [9.17, 15) is 4.79 Å². The standard InChI is InChI=1S/C13H13BrN4O2/c14-10-3-1-2-9(4-10)5-17-6-11(7-17)18-8-12(13(19)20)15-16-18/h1-4,8,11H,5-7H2,(H,19,20). The van der Waals surface area contributed by atoms with Crippen LogP contribution in [0.25, 0.3) is 0 Å². The van der Waals surface area contributed by atoms with Crippen LogP contribution in [0.4, 0.5) is 0 Å². The Labute approximate surface area is 124 Å². The minimum atomic E-state index is -1.04. The quantitative estimate of drug-likeness (QED) is 0.921. The van der Waals surface area contributed by atoms with Crippen molar-refractivity contribution in [3.8, 4) is 0 Å². The first-order valence-electron chi connectivity index (χ1n) is 6.24. The molecule has 0 amide bonds. The summed E-state index contributed by atoms with van der Waals surface area (Å²) in [5, 5.41) is 16.3. The lowest BCUT2D eigenvalue weighted by Crippen LogP contribution is -2.47. The molecule has 2 aromatic rings. The Morgan fingerprint density at radius 2 is 2.25 bits per heavy atom. The highest BCUT2D eigenvalue weighted by Gasteiger charge is 2.29. The summed E-state index contributed by atoms with van der Waals surface area (Å²) in [4.78, 5) is 13.0. The number of benzene rings is 1. The van der Waals surface area contributed by atoms with Crippen LogP contribution in [-0.2, 0) is 6.54 Å². The third-order valence-corrected chi connectivity index (χ3v) is 3.83. The highest BCUT2D eigenvalue weighted by Crippen LogP contribution is 2.23. The Morgan fingerprint density at radius 1 is 1.45 bits per heavy atom. The minimum absolute atomic E-state index is 0.00422. The lowest BCUT2D eigenvalue weighted by Gasteiger charge is -2.38. The summed E-state index contributed by atoms with van der Waals surface area (Å²) in [5.41, 5.74) is 1.25. The highest BCUT2D eigenvalue weighted by atomic mass is 79.9. The highest BCUT2D eigenvalue weighted by molar-refractivity contribution is 9.10. The summed E-state index contributed by atoms with van der Waals surface area (Å²) in [5.74, 6) is -1.04. The smallest absolute Gasteiger partial charge is 0.358 e. The van der Waals surface area contributed by atoms with Crippen molar-refractivity contribution in [2.24, 2.45) is 0 Å². The molecule has 20 heavy (non-hydrogen) atoms. The lowest BCUT2D eigenvalue weighted by atomic mass is 10.1. The summed E-state index contributed by atoms with van der Waals surface area (Å²) in [7, 11) is 0. The molecule has 0 bridgehead atoms. The van der Waals surface area contributed by atoms with E-state index >= 15 is 0 Å². The first-order chi connectivity index (χ1) is 9.61. The number of aromatic carboxylic acids is 1. The number of hydrogen-bond acceptors (Lipinski definition) is 4. The maximum atomic E-state index is 10.7. The molecule has 0 saturated carbocycles. The van der Waals surface area contributed by atoms with E-state index in [-0.39, 0.29) is 11.7 Å². The number of nitrogens with zero attached hydrogens (tertiary/aromatic N) is 4. The number of carboxylic acid groups (broad SMARTS) is 1. The SMILES string of the molecule is O=C(O)c1cn(C2CN(Cc3cccc(Br)c3)C2)nn1. The monoisotopic (exact) mass is 336 g/mol. The first kappa shape index (κ1) is 13.3. The number of aromatic nitrogens is 3. The number of carbonyl (C=O) groups is 1. The van der Waals surface area contributed by atoms with Gasteiger partial charge in [0.1, 0.15) is 0 Å². The van der Waals surface area contributed by atoms with Gasteiger partial charge in [0.2, 0.25) is 0 Å². The van der Waals surface area contributed by atoms with Crippen molar-refractivity contribution in [2.45, 2.75) is 12.6 Å². The van der Waals surface area contributed by atoms with Crippen LogP contribution < -0.4 is 0 Å². The zero-order chi connectivity index (χ0) is 14.1. The van der Waals surface area contributed by atoms with Gasteiger partial charge in [0.05, 0.1) is 12.2 Å². The second-order valence-electron chi connectivity index (χ2n) is 4.87. The van der Waals surface area contributed by atoms with E-state index in [0.717, 1.165) is 24.1 Å². The predicted octanol–water partition coefficient (Wildman–Crippen LogP) is 1.80. The lowest BCUT2D eigenvalue weighted by molar-refractivity contribution is 0.0690. The molecule has 1 saturated heterocycles. The van der Waals surface area contributed by atoms with Crippen molar-refractivity contribution < 1.29 is 9.90 Å². The number of carboxylic acids is 1. The van der Waals surface area contributed by atoms with Gasteiger partial charge >= 0.3 is 5.97 Å². The number of halogens is 1. The molecule has 1 aromatic carbocycles. The third-order valence-electron chi connectivity index (χ3n) is 3.34. The number of likely N-dealkylation sites (tertiary alicyclic amines) is 1. The van der Waals surface area contributed by atoms with E-state index in [1.807, 2.05) is 12.1 Å². The van der Waals surface area contributed by atoms with Crippen molar-refractivity contribution in [2.75, 3.05) is 13.1 Å². The Hall–Kier alpha value is -1.73. The number of hydrogen-bond donors (Lipinski definition) is 1. The summed E-state index contributed by atoms with van der Waals surface area (Å²) < 4.78 is 2.72. The van der Waals surface area contributed by atoms with Gasteiger partial charge < -0.3 is 5.11 Å². The molecular weight excluding hydrogens is 324 g/mol. The van der Waals surface area contributed by atoms with E-state index < -0.39 is 5.97 Å². The Morgan fingerprint density at radius 3 is 2.90 bits per heavy atom. The Kier molecular flexibility index (Phi) is 3.54. The van der Waals surface area contributed by atoms with Crippen LogP contribution in [0.2, 0.25) is 0 Å². The molecule has 0 spiro atoms. The van der Waals surface area contributed by atoms with Gasteiger partial charge in [-0.05, 0) is 17.7 Å². The Bertz CT molecular complexity index is 637. The van der Waals surface area contributed by atoms with Gasteiger partial charge in [-0.2, -0.15) is 0 Å². The molecule has 3 rings (SSSR count). The molecule has 1 aliphatic rings. The van der Waals surface area contributed by atoms with Crippen molar-refractivity contribution in [3.05, 3.63) is 46.2 Å². The van der Waals surface area contributed by atoms with Crippen LogP contribution in [0.1, 0.15) is 22.1 Å². The van der Waals surface area contributed by atoms with Crippen molar-refractivity contribution >= 4 is 21.9 Å². The second kappa shape index (κ2) is 5.34. The largest absolute Gasteiger partial charge is 0.476 e. The first-order valence-corrected chi connectivity index (χ1v) is 7.03. The molecule has 0 atom stereocenters. The molecular formula is C13H13BrN4O2. The molecule has 2 heterocycles. The van der Waals surface area contributed by atoms with E-state index in [1.54, 1.807) is 4.68 Å². The molecule has 6 nitrogen and oxygen atoms in total. The average molecular weight is 337 g/mol. The van der Waals surface area contributed by atoms with Crippen LogP contribution in [-0.4, -0.2) is 44.1 Å². The van der Waals surface area contributed by atoms with E-state index in [0.29, 0.717) is 0 Å². The maximum Gasteiger partial charge on any atom is 0.358 e. The van der Waals surface area contributed by atoms with Gasteiger partial charge in [0, 0.05) is 24.1 Å². The van der Waals surface area contributed by atoms with Crippen molar-refractivity contribution in [3.63, 3.8) is 0 Å². The molecule has 1 aromatic heterocycles. The molecule has 0 radical (unpaired) electrons. The molecule has 7 heteroatoms. The fraction of sp³-hybridized carbons (Fsp3) is 0.308. The zero-order valence-corrected chi connectivity index (χ0v) is 12.2. The maximum absolute atomic E-state index is 10.7. The molecule has 1 aliphatic heterocycles. The minimum Gasteiger partial charge on any atom is -0.476 e. The van der Waals surface area contributed by atoms with Crippen LogP contribution in [0, 0.1) is 0 Å². The van der Waals surface area contributed by atoms with Crippen LogP contribution in [0.5, 0.6) is 0 Å². The second-order valence-corrected chi connectivity index (χ2v) is 5.78. The van der Waals surface area contributed by atoms with E-state index in [4.69, 9.17) is 5.11 Å². The molecule has 104 valence electrons. The van der Waals surface area contributed by atoms with Gasteiger partial charge in [0.25, 0.3) is 0 Å². The third kappa shape index (κ3) is 2.73. The van der Waals surface area contributed by atoms with Gasteiger partial charge in [-0.3, -0.25) is 4.90 Å². The molecule has 1 N–H and O–H groups in total. The summed E-state index contributed by atoms with van der Waals surface area (Å²) in [6.45, 7) is 2.60. The summed E-state index contributed by atoms with van der Waals surface area (Å²) in [6, 6.07) is 8.43. The zero-order valence-electron chi connectivity index (χ0n) is 10.6. The van der Waals surface area contributed by atoms with Gasteiger partial charge in [0.15, 0.2) is 5.69 Å². The molecule has 0 unspecified atom stereocenters. The van der Waals surface area contributed by atoms with Gasteiger partial charge in [-0.15, -0.1) is 5.10 Å². The fourth-order valence-corrected chi connectivity index (χ4v) is 2.73. The van der Waals surface area contributed by atoms with E-state index in [1.165, 1.54) is 11.8 Å². The van der Waals surface area contributed by atoms with Crippen LogP contribution >= 0.6 is 15.9 Å². The summed E-state index contributed by atoms with van der Waals surface area (Å²) >= 11 is 3.46. The van der Waals surface area contributed by atoms with E-state index in [2.05, 4.69) is 43.3 Å².